The quantitative estimate of drug-likeness (QED) is 0.244. The normalized spacial score (nSPS) is 13.3. The molecule has 7 nitrogen and oxygen atoms in total. The van der Waals surface area contributed by atoms with Crippen molar-refractivity contribution in [3.05, 3.63) is 45.9 Å². The summed E-state index contributed by atoms with van der Waals surface area (Å²) in [6.07, 6.45) is 5.83. The van der Waals surface area contributed by atoms with Crippen molar-refractivity contribution in [1.82, 2.24) is 20.9 Å². The van der Waals surface area contributed by atoms with E-state index in [1.54, 1.807) is 18.4 Å². The highest BCUT2D eigenvalue weighted by atomic mass is 127. The Morgan fingerprint density at radius 3 is 2.50 bits per heavy atom. The molecule has 0 spiro atoms. The number of hydrogen-bond donors (Lipinski definition) is 3. The summed E-state index contributed by atoms with van der Waals surface area (Å²) >= 11 is 1.73. The Balaban J connectivity index is 0.00000320. The number of thiazole rings is 1. The van der Waals surface area contributed by atoms with Crippen LogP contribution in [0.25, 0.3) is 0 Å². The fraction of sp³-hybridized carbons (Fsp3) is 0.476. The zero-order valence-corrected chi connectivity index (χ0v) is 20.6. The monoisotopic (exact) mass is 543 g/mol. The van der Waals surface area contributed by atoms with E-state index >= 15 is 0 Å². The van der Waals surface area contributed by atoms with E-state index in [1.807, 2.05) is 30.5 Å². The number of carbonyl (C=O) groups excluding carboxylic acids is 1. The molecule has 164 valence electrons. The molecule has 1 aromatic carbocycles. The van der Waals surface area contributed by atoms with E-state index in [-0.39, 0.29) is 36.5 Å². The molecule has 0 aliphatic heterocycles. The highest BCUT2D eigenvalue weighted by Crippen LogP contribution is 2.18. The van der Waals surface area contributed by atoms with Gasteiger partial charge in [-0.25, -0.2) is 4.98 Å². The number of halogens is 1. The molecule has 3 N–H and O–H groups in total. The third-order valence-electron chi connectivity index (χ3n) is 4.47. The first-order valence-electron chi connectivity index (χ1n) is 9.99. The molecule has 0 saturated heterocycles. The molecule has 1 saturated carbocycles. The van der Waals surface area contributed by atoms with E-state index in [4.69, 9.17) is 4.74 Å². The molecular weight excluding hydrogens is 513 g/mol. The molecule has 2 aromatic rings. The van der Waals surface area contributed by atoms with Crippen molar-refractivity contribution < 1.29 is 9.53 Å². The summed E-state index contributed by atoms with van der Waals surface area (Å²) in [6, 6.07) is 8.22. The van der Waals surface area contributed by atoms with Gasteiger partial charge in [-0.15, -0.1) is 35.3 Å². The van der Waals surface area contributed by atoms with Gasteiger partial charge in [0.2, 0.25) is 0 Å². The number of aromatic nitrogens is 1. The Morgan fingerprint density at radius 1 is 1.20 bits per heavy atom. The number of aryl methyl sites for hydroxylation is 1. The molecule has 1 amide bonds. The summed E-state index contributed by atoms with van der Waals surface area (Å²) in [4.78, 5) is 21.5. The average molecular weight is 543 g/mol. The van der Waals surface area contributed by atoms with E-state index in [2.05, 4.69) is 32.9 Å². The molecule has 3 rings (SSSR count). The molecule has 1 heterocycles. The summed E-state index contributed by atoms with van der Waals surface area (Å²) in [5, 5.41) is 10.7. The molecule has 9 heteroatoms. The number of nitrogens with zero attached hydrogens (tertiary/aromatic N) is 2. The van der Waals surface area contributed by atoms with Crippen molar-refractivity contribution in [1.29, 1.82) is 0 Å². The molecule has 1 aromatic heterocycles. The van der Waals surface area contributed by atoms with Gasteiger partial charge in [0.15, 0.2) is 12.6 Å². The van der Waals surface area contributed by atoms with Gasteiger partial charge in [-0.05, 0) is 43.9 Å². The smallest absolute Gasteiger partial charge is 0.258 e. The Bertz CT molecular complexity index is 821. The van der Waals surface area contributed by atoms with Crippen molar-refractivity contribution in [3.63, 3.8) is 0 Å². The van der Waals surface area contributed by atoms with E-state index < -0.39 is 0 Å². The lowest BCUT2D eigenvalue weighted by Crippen LogP contribution is -2.39. The first-order chi connectivity index (χ1) is 14.1. The van der Waals surface area contributed by atoms with Crippen molar-refractivity contribution in [2.45, 2.75) is 38.6 Å². The molecule has 0 unspecified atom stereocenters. The van der Waals surface area contributed by atoms with Gasteiger partial charge in [-0.3, -0.25) is 9.79 Å². The van der Waals surface area contributed by atoms with Crippen molar-refractivity contribution in [3.8, 4) is 5.75 Å². The van der Waals surface area contributed by atoms with Crippen molar-refractivity contribution in [2.75, 3.05) is 26.7 Å². The number of ether oxygens (including phenoxy) is 1. The van der Waals surface area contributed by atoms with Gasteiger partial charge in [-0.1, -0.05) is 12.1 Å². The molecule has 0 bridgehead atoms. The number of carbonyl (C=O) groups is 1. The zero-order chi connectivity index (χ0) is 20.5. The van der Waals surface area contributed by atoms with Crippen molar-refractivity contribution in [2.24, 2.45) is 4.99 Å². The highest BCUT2D eigenvalue weighted by molar-refractivity contribution is 14.0. The molecule has 1 aliphatic carbocycles. The summed E-state index contributed by atoms with van der Waals surface area (Å²) in [5.74, 6) is 1.45. The molecule has 30 heavy (non-hydrogen) atoms. The van der Waals surface area contributed by atoms with Crippen LogP contribution in [0.5, 0.6) is 5.75 Å². The van der Waals surface area contributed by atoms with E-state index in [0.29, 0.717) is 11.8 Å². The second-order valence-corrected chi connectivity index (χ2v) is 8.38. The van der Waals surface area contributed by atoms with Crippen LogP contribution in [0.15, 0.2) is 35.5 Å². The Labute approximate surface area is 199 Å². The number of rotatable bonds is 10. The summed E-state index contributed by atoms with van der Waals surface area (Å²) < 4.78 is 5.53. The molecular formula is C21H30IN5O2S. The molecule has 0 radical (unpaired) electrons. The van der Waals surface area contributed by atoms with Crippen LogP contribution in [-0.2, 0) is 17.6 Å². The lowest BCUT2D eigenvalue weighted by atomic mass is 10.1. The van der Waals surface area contributed by atoms with E-state index in [1.165, 1.54) is 10.4 Å². The predicted octanol–water partition coefficient (Wildman–Crippen LogP) is 2.68. The Kier molecular flexibility index (Phi) is 10.4. The van der Waals surface area contributed by atoms with Gasteiger partial charge in [0.25, 0.3) is 5.91 Å². The summed E-state index contributed by atoms with van der Waals surface area (Å²) in [7, 11) is 1.77. The lowest BCUT2D eigenvalue weighted by molar-refractivity contribution is -0.123. The zero-order valence-electron chi connectivity index (χ0n) is 17.4. The van der Waals surface area contributed by atoms with Crippen LogP contribution < -0.4 is 20.7 Å². The maximum absolute atomic E-state index is 11.7. The van der Waals surface area contributed by atoms with Gasteiger partial charge >= 0.3 is 0 Å². The first-order valence-corrected chi connectivity index (χ1v) is 10.8. The largest absolute Gasteiger partial charge is 0.484 e. The standard InChI is InChI=1S/C21H29N5O2S.HI/c1-15-13-25-20(29-15)10-12-24-21(22-2)23-11-9-16-3-7-18(8-4-16)28-14-19(27)26-17-5-6-17;/h3-4,7-8,13,17H,5-6,9-12,14H2,1-2H3,(H,26,27)(H2,22,23,24);1H. The second kappa shape index (κ2) is 12.7. The highest BCUT2D eigenvalue weighted by Gasteiger charge is 2.23. The number of guanidine groups is 1. The molecule has 0 atom stereocenters. The Hall–Kier alpha value is -1.88. The van der Waals surface area contributed by atoms with Crippen LogP contribution in [0.1, 0.15) is 28.3 Å². The van der Waals surface area contributed by atoms with Crippen molar-refractivity contribution >= 4 is 47.2 Å². The number of benzene rings is 1. The van der Waals surface area contributed by atoms with Crippen LogP contribution in [0.4, 0.5) is 0 Å². The van der Waals surface area contributed by atoms with Crippen LogP contribution >= 0.6 is 35.3 Å². The minimum absolute atomic E-state index is 0. The number of hydrogen-bond acceptors (Lipinski definition) is 5. The maximum atomic E-state index is 11.7. The van der Waals surface area contributed by atoms with Crippen LogP contribution in [0.2, 0.25) is 0 Å². The van der Waals surface area contributed by atoms with Gasteiger partial charge in [0, 0.05) is 43.7 Å². The molecule has 1 aliphatic rings. The summed E-state index contributed by atoms with van der Waals surface area (Å²) in [6.45, 7) is 3.71. The number of amides is 1. The fourth-order valence-corrected chi connectivity index (χ4v) is 3.54. The maximum Gasteiger partial charge on any atom is 0.258 e. The minimum atomic E-state index is -0.0512. The second-order valence-electron chi connectivity index (χ2n) is 7.06. The van der Waals surface area contributed by atoms with E-state index in [9.17, 15) is 4.79 Å². The van der Waals surface area contributed by atoms with Gasteiger partial charge in [0.05, 0.1) is 5.01 Å². The van der Waals surface area contributed by atoms with Crippen LogP contribution in [0.3, 0.4) is 0 Å². The van der Waals surface area contributed by atoms with Gasteiger partial charge in [-0.2, -0.15) is 0 Å². The van der Waals surface area contributed by atoms with Crippen LogP contribution in [-0.4, -0.2) is 49.6 Å². The first kappa shape index (κ1) is 24.4. The SMILES string of the molecule is CN=C(NCCc1ccc(OCC(=O)NC2CC2)cc1)NCCc1ncc(C)s1.I. The third-order valence-corrected chi connectivity index (χ3v) is 5.44. The van der Waals surface area contributed by atoms with E-state index in [0.717, 1.165) is 49.7 Å². The van der Waals surface area contributed by atoms with Gasteiger partial charge < -0.3 is 20.7 Å². The minimum Gasteiger partial charge on any atom is -0.484 e. The average Bonchev–Trinajstić information content (AvgIpc) is 3.44. The predicted molar refractivity (Wildman–Crippen MR) is 132 cm³/mol. The third kappa shape index (κ3) is 8.86. The number of nitrogens with one attached hydrogen (secondary N) is 3. The fourth-order valence-electron chi connectivity index (χ4n) is 2.75. The lowest BCUT2D eigenvalue weighted by Gasteiger charge is -2.12. The topological polar surface area (TPSA) is 87.6 Å². The molecule has 1 fully saturated rings. The summed E-state index contributed by atoms with van der Waals surface area (Å²) in [5.41, 5.74) is 1.20. The van der Waals surface area contributed by atoms with Crippen LogP contribution in [0, 0.1) is 6.92 Å². The van der Waals surface area contributed by atoms with Gasteiger partial charge in [0.1, 0.15) is 5.75 Å². The number of aliphatic imine (C=N–C) groups is 1. The Morgan fingerprint density at radius 2 is 1.90 bits per heavy atom.